The lowest BCUT2D eigenvalue weighted by molar-refractivity contribution is 0.0260. The second-order valence-corrected chi connectivity index (χ2v) is 13.9. The Bertz CT molecular complexity index is 1440. The van der Waals surface area contributed by atoms with Crippen LogP contribution in [0.3, 0.4) is 0 Å². The van der Waals surface area contributed by atoms with Crippen molar-refractivity contribution in [3.63, 3.8) is 0 Å². The van der Waals surface area contributed by atoms with Crippen LogP contribution in [0, 0.1) is 0 Å². The van der Waals surface area contributed by atoms with Gasteiger partial charge in [-0.3, -0.25) is 13.6 Å². The second kappa shape index (κ2) is 16.2. The zero-order chi connectivity index (χ0) is 32.1. The molecule has 46 heavy (non-hydrogen) atoms. The lowest BCUT2D eigenvalue weighted by Gasteiger charge is -2.42. The zero-order valence-electron chi connectivity index (χ0n) is 27.3. The van der Waals surface area contributed by atoms with Crippen molar-refractivity contribution in [1.82, 2.24) is 0 Å². The minimum absolute atomic E-state index is 0.549. The van der Waals surface area contributed by atoms with Gasteiger partial charge >= 0.3 is 7.60 Å². The first-order valence-electron chi connectivity index (χ1n) is 16.9. The third-order valence-electron chi connectivity index (χ3n) is 8.85. The predicted octanol–water partition coefficient (Wildman–Crippen LogP) is 11.6. The Balaban J connectivity index is 1.77. The molecule has 0 radical (unpaired) electrons. The van der Waals surface area contributed by atoms with Crippen molar-refractivity contribution in [2.45, 2.75) is 76.4 Å². The van der Waals surface area contributed by atoms with Crippen molar-refractivity contribution in [3.05, 3.63) is 174 Å². The first-order chi connectivity index (χ1) is 22.6. The molecule has 0 saturated heterocycles. The summed E-state index contributed by atoms with van der Waals surface area (Å²) in [7, 11) is -4.07. The molecule has 0 heterocycles. The lowest BCUT2D eigenvalue weighted by Crippen LogP contribution is -2.37. The monoisotopic (exact) mass is 630 g/mol. The molecule has 0 N–H and O–H groups in total. The first kappa shape index (κ1) is 33.6. The summed E-state index contributed by atoms with van der Waals surface area (Å²) in [6, 6.07) is 50.7. The normalized spacial score (nSPS) is 12.2. The van der Waals surface area contributed by atoms with Crippen LogP contribution in [-0.2, 0) is 24.8 Å². The van der Waals surface area contributed by atoms with Crippen LogP contribution in [0.2, 0.25) is 0 Å². The van der Waals surface area contributed by atoms with Crippen LogP contribution in [0.5, 0.6) is 0 Å². The van der Waals surface area contributed by atoms with Gasteiger partial charge in [0.05, 0.1) is 5.30 Å². The van der Waals surface area contributed by atoms with Gasteiger partial charge < -0.3 is 0 Å². The fourth-order valence-electron chi connectivity index (χ4n) is 6.44. The third-order valence-corrected chi connectivity index (χ3v) is 10.9. The summed E-state index contributed by atoms with van der Waals surface area (Å²) < 4.78 is 30.9. The van der Waals surface area contributed by atoms with Gasteiger partial charge in [-0.15, -0.1) is 0 Å². The average molecular weight is 631 g/mol. The fraction of sp³-hybridized carbons (Fsp3) is 0.286. The van der Waals surface area contributed by atoms with E-state index < -0.39 is 18.8 Å². The van der Waals surface area contributed by atoms with Gasteiger partial charge in [0, 0.05) is 0 Å². The van der Waals surface area contributed by atoms with E-state index in [0.717, 1.165) is 60.8 Å². The van der Waals surface area contributed by atoms with E-state index in [1.165, 1.54) is 0 Å². The molecule has 0 atom stereocenters. The van der Waals surface area contributed by atoms with E-state index in [1.807, 2.05) is 103 Å². The van der Waals surface area contributed by atoms with E-state index in [0.29, 0.717) is 18.1 Å². The van der Waals surface area contributed by atoms with Crippen LogP contribution in [0.15, 0.2) is 152 Å². The SMILES string of the molecule is CCCCCC(OP(=O)(OC(CCCCC)(c1ccccc1)c1ccccc1)c1ccccc1)(c1ccccc1)c1ccccc1. The molecular formula is C42H47O3P. The van der Waals surface area contributed by atoms with E-state index in [-0.39, 0.29) is 0 Å². The number of rotatable bonds is 17. The van der Waals surface area contributed by atoms with Crippen LogP contribution in [-0.4, -0.2) is 0 Å². The molecule has 5 aromatic rings. The summed E-state index contributed by atoms with van der Waals surface area (Å²) >= 11 is 0. The van der Waals surface area contributed by atoms with Gasteiger partial charge in [-0.25, -0.2) is 0 Å². The Labute approximate surface area is 276 Å². The van der Waals surface area contributed by atoms with Crippen molar-refractivity contribution in [2.75, 3.05) is 0 Å². The Morgan fingerprint density at radius 1 is 0.435 bits per heavy atom. The third kappa shape index (κ3) is 7.61. The van der Waals surface area contributed by atoms with Gasteiger partial charge in [0.2, 0.25) is 0 Å². The molecule has 0 aliphatic heterocycles. The average Bonchev–Trinajstić information content (AvgIpc) is 3.13. The van der Waals surface area contributed by atoms with Crippen molar-refractivity contribution < 1.29 is 13.6 Å². The van der Waals surface area contributed by atoms with Crippen LogP contribution in [0.4, 0.5) is 0 Å². The summed E-state index contributed by atoms with van der Waals surface area (Å²) in [5.74, 6) is 0. The van der Waals surface area contributed by atoms with E-state index in [1.54, 1.807) is 0 Å². The van der Waals surface area contributed by atoms with Gasteiger partial charge in [-0.05, 0) is 60.1 Å². The molecule has 0 aliphatic rings. The van der Waals surface area contributed by atoms with Gasteiger partial charge in [0.25, 0.3) is 0 Å². The number of unbranched alkanes of at least 4 members (excludes halogenated alkanes) is 4. The summed E-state index contributed by atoms with van der Waals surface area (Å²) in [6.45, 7) is 4.41. The molecule has 4 heteroatoms. The predicted molar refractivity (Wildman–Crippen MR) is 191 cm³/mol. The highest BCUT2D eigenvalue weighted by Gasteiger charge is 2.49. The summed E-state index contributed by atoms with van der Waals surface area (Å²) in [5.41, 5.74) is 1.85. The molecule has 0 amide bonds. The maximum Gasteiger partial charge on any atom is 0.363 e. The minimum atomic E-state index is -4.07. The van der Waals surface area contributed by atoms with Crippen LogP contribution < -0.4 is 5.30 Å². The minimum Gasteiger partial charge on any atom is -0.289 e. The molecule has 5 rings (SSSR count). The fourth-order valence-corrected chi connectivity index (χ4v) is 8.65. The van der Waals surface area contributed by atoms with E-state index in [4.69, 9.17) is 9.05 Å². The number of hydrogen-bond acceptors (Lipinski definition) is 3. The Morgan fingerprint density at radius 2 is 0.717 bits per heavy atom. The van der Waals surface area contributed by atoms with Crippen LogP contribution in [0.1, 0.15) is 87.5 Å². The molecule has 5 aromatic carbocycles. The molecule has 0 aromatic heterocycles. The Morgan fingerprint density at radius 3 is 1.00 bits per heavy atom. The maximum atomic E-state index is 16.2. The van der Waals surface area contributed by atoms with Crippen LogP contribution in [0.25, 0.3) is 0 Å². The summed E-state index contributed by atoms with van der Waals surface area (Å²) in [5, 5.41) is 0.549. The van der Waals surface area contributed by atoms with Gasteiger partial charge in [-0.2, -0.15) is 0 Å². The van der Waals surface area contributed by atoms with Crippen molar-refractivity contribution in [3.8, 4) is 0 Å². The molecule has 0 aliphatic carbocycles. The quantitative estimate of drug-likeness (QED) is 0.0757. The summed E-state index contributed by atoms with van der Waals surface area (Å²) in [4.78, 5) is 0. The van der Waals surface area contributed by atoms with Crippen molar-refractivity contribution in [1.29, 1.82) is 0 Å². The van der Waals surface area contributed by atoms with E-state index in [2.05, 4.69) is 62.4 Å². The van der Waals surface area contributed by atoms with Gasteiger partial charge in [0.1, 0.15) is 11.2 Å². The molecule has 0 unspecified atom stereocenters. The Kier molecular flexibility index (Phi) is 11.8. The highest BCUT2D eigenvalue weighted by molar-refractivity contribution is 7.62. The molecule has 3 nitrogen and oxygen atoms in total. The topological polar surface area (TPSA) is 35.5 Å². The van der Waals surface area contributed by atoms with Crippen molar-refractivity contribution in [2.24, 2.45) is 0 Å². The molecule has 0 fully saturated rings. The molecule has 0 saturated carbocycles. The highest BCUT2D eigenvalue weighted by Crippen LogP contribution is 2.61. The largest absolute Gasteiger partial charge is 0.363 e. The van der Waals surface area contributed by atoms with Gasteiger partial charge in [0.15, 0.2) is 0 Å². The van der Waals surface area contributed by atoms with Crippen LogP contribution >= 0.6 is 7.60 Å². The molecule has 238 valence electrons. The number of hydrogen-bond donors (Lipinski definition) is 0. The second-order valence-electron chi connectivity index (χ2n) is 12.0. The first-order valence-corrected chi connectivity index (χ1v) is 18.4. The van der Waals surface area contributed by atoms with E-state index in [9.17, 15) is 0 Å². The van der Waals surface area contributed by atoms with E-state index >= 15 is 4.57 Å². The standard InChI is InChI=1S/C42H47O3P/c1-3-5-22-34-41(36-24-12-7-13-25-36,37-26-14-8-15-27-37)44-46(43,40-32-20-11-21-33-40)45-42(35-23-6-4-2,38-28-16-9-17-29-38)39-30-18-10-19-31-39/h7-21,24-33H,3-6,22-23,34-35H2,1-2H3. The number of benzene rings is 5. The Hall–Kier alpha value is -3.75. The molecular weight excluding hydrogens is 583 g/mol. The summed E-state index contributed by atoms with van der Waals surface area (Å²) in [6.07, 6.45) is 7.35. The smallest absolute Gasteiger partial charge is 0.289 e. The molecule has 0 bridgehead atoms. The molecule has 0 spiro atoms. The highest BCUT2D eigenvalue weighted by atomic mass is 31.2. The van der Waals surface area contributed by atoms with Crippen molar-refractivity contribution >= 4 is 12.9 Å². The van der Waals surface area contributed by atoms with Gasteiger partial charge in [-0.1, -0.05) is 179 Å². The zero-order valence-corrected chi connectivity index (χ0v) is 28.2. The lowest BCUT2D eigenvalue weighted by atomic mass is 9.82. The maximum absolute atomic E-state index is 16.2.